The van der Waals surface area contributed by atoms with Crippen LogP contribution in [0.25, 0.3) is 0 Å². The van der Waals surface area contributed by atoms with Crippen molar-refractivity contribution in [3.05, 3.63) is 12.7 Å². The van der Waals surface area contributed by atoms with Gasteiger partial charge in [0.15, 0.2) is 0 Å². The number of hydrogen-bond acceptors (Lipinski definition) is 3. The first-order chi connectivity index (χ1) is 9.38. The molecule has 0 unspecified atom stereocenters. The van der Waals surface area contributed by atoms with E-state index in [-0.39, 0.29) is 0 Å². The van der Waals surface area contributed by atoms with Gasteiger partial charge in [0.1, 0.15) is 0 Å². The molecule has 0 radical (unpaired) electrons. The van der Waals surface area contributed by atoms with Crippen LogP contribution in [0.4, 0.5) is 0 Å². The van der Waals surface area contributed by atoms with Crippen LogP contribution >= 0.6 is 0 Å². The summed E-state index contributed by atoms with van der Waals surface area (Å²) in [6.07, 6.45) is 13.8. The van der Waals surface area contributed by atoms with Gasteiger partial charge in [-0.15, -0.1) is 6.58 Å². The van der Waals surface area contributed by atoms with Crippen LogP contribution in [-0.4, -0.2) is 36.9 Å². The van der Waals surface area contributed by atoms with E-state index >= 15 is 0 Å². The van der Waals surface area contributed by atoms with Crippen molar-refractivity contribution in [1.82, 2.24) is 4.90 Å². The van der Waals surface area contributed by atoms with Crippen LogP contribution in [-0.2, 0) is 0 Å². The standard InChI is InChI=1S/C16H31N3/c1-2-3-4-5-6-7-8-9-10-11-16-18-13-15-19(16)14-12-17/h2H,1,3-15,17H2. The predicted octanol–water partition coefficient (Wildman–Crippen LogP) is 3.36. The van der Waals surface area contributed by atoms with Crippen molar-refractivity contribution in [2.75, 3.05) is 26.2 Å². The van der Waals surface area contributed by atoms with E-state index in [9.17, 15) is 0 Å². The van der Waals surface area contributed by atoms with E-state index in [0.717, 1.165) is 32.6 Å². The van der Waals surface area contributed by atoms with Crippen molar-refractivity contribution < 1.29 is 0 Å². The van der Waals surface area contributed by atoms with Crippen LogP contribution < -0.4 is 5.73 Å². The Balaban J connectivity index is 1.91. The average Bonchev–Trinajstić information content (AvgIpc) is 2.85. The van der Waals surface area contributed by atoms with E-state index in [0.29, 0.717) is 0 Å². The van der Waals surface area contributed by atoms with E-state index in [4.69, 9.17) is 5.73 Å². The molecule has 1 aliphatic rings. The van der Waals surface area contributed by atoms with E-state index in [1.54, 1.807) is 0 Å². The third kappa shape index (κ3) is 7.36. The van der Waals surface area contributed by atoms with Gasteiger partial charge in [-0.3, -0.25) is 4.99 Å². The third-order valence-corrected chi connectivity index (χ3v) is 3.74. The highest BCUT2D eigenvalue weighted by atomic mass is 15.2. The topological polar surface area (TPSA) is 41.6 Å². The zero-order valence-electron chi connectivity index (χ0n) is 12.4. The molecule has 1 aliphatic heterocycles. The lowest BCUT2D eigenvalue weighted by Gasteiger charge is -2.19. The molecule has 0 aliphatic carbocycles. The fraction of sp³-hybridized carbons (Fsp3) is 0.812. The van der Waals surface area contributed by atoms with Crippen molar-refractivity contribution in [1.29, 1.82) is 0 Å². The van der Waals surface area contributed by atoms with Crippen LogP contribution in [0.1, 0.15) is 57.8 Å². The number of rotatable bonds is 12. The molecule has 0 spiro atoms. The van der Waals surface area contributed by atoms with Gasteiger partial charge < -0.3 is 10.6 Å². The Labute approximate surface area is 119 Å². The van der Waals surface area contributed by atoms with Crippen molar-refractivity contribution in [3.8, 4) is 0 Å². The van der Waals surface area contributed by atoms with Crippen LogP contribution in [0.3, 0.4) is 0 Å². The monoisotopic (exact) mass is 265 g/mol. The molecule has 0 fully saturated rings. The Hall–Kier alpha value is -0.830. The number of nitrogens with zero attached hydrogens (tertiary/aromatic N) is 2. The summed E-state index contributed by atoms with van der Waals surface area (Å²) in [5, 5.41) is 0. The molecule has 0 aromatic rings. The lowest BCUT2D eigenvalue weighted by molar-refractivity contribution is 0.456. The molecule has 0 amide bonds. The lowest BCUT2D eigenvalue weighted by Crippen LogP contribution is -2.32. The Morgan fingerprint density at radius 1 is 1.11 bits per heavy atom. The fourth-order valence-electron chi connectivity index (χ4n) is 2.62. The van der Waals surface area contributed by atoms with Gasteiger partial charge >= 0.3 is 0 Å². The quantitative estimate of drug-likeness (QED) is 0.434. The van der Waals surface area contributed by atoms with Gasteiger partial charge in [-0.1, -0.05) is 38.2 Å². The summed E-state index contributed by atoms with van der Waals surface area (Å²) >= 11 is 0. The maximum Gasteiger partial charge on any atom is 0.0990 e. The highest BCUT2D eigenvalue weighted by molar-refractivity contribution is 5.83. The molecular formula is C16H31N3. The third-order valence-electron chi connectivity index (χ3n) is 3.74. The zero-order valence-corrected chi connectivity index (χ0v) is 12.4. The number of hydrogen-bond donors (Lipinski definition) is 1. The lowest BCUT2D eigenvalue weighted by atomic mass is 10.1. The summed E-state index contributed by atoms with van der Waals surface area (Å²) in [5.41, 5.74) is 5.61. The largest absolute Gasteiger partial charge is 0.357 e. The minimum Gasteiger partial charge on any atom is -0.357 e. The fourth-order valence-corrected chi connectivity index (χ4v) is 2.62. The van der Waals surface area contributed by atoms with Gasteiger partial charge in [0.25, 0.3) is 0 Å². The molecule has 0 atom stereocenters. The number of nitrogens with two attached hydrogens (primary N) is 1. The number of allylic oxidation sites excluding steroid dienone is 1. The molecular weight excluding hydrogens is 234 g/mol. The molecule has 0 saturated carbocycles. The Morgan fingerprint density at radius 3 is 2.47 bits per heavy atom. The predicted molar refractivity (Wildman–Crippen MR) is 84.7 cm³/mol. The summed E-state index contributed by atoms with van der Waals surface area (Å²) in [7, 11) is 0. The average molecular weight is 265 g/mol. The number of aliphatic imine (C=N–C) groups is 1. The number of unbranched alkanes of at least 4 members (excludes halogenated alkanes) is 7. The van der Waals surface area contributed by atoms with Gasteiger partial charge in [-0.2, -0.15) is 0 Å². The minimum absolute atomic E-state index is 0.740. The van der Waals surface area contributed by atoms with Gasteiger partial charge in [0.05, 0.1) is 12.4 Å². The van der Waals surface area contributed by atoms with Crippen LogP contribution in [0.2, 0.25) is 0 Å². The molecule has 19 heavy (non-hydrogen) atoms. The Kier molecular flexibility index (Phi) is 9.42. The second-order valence-electron chi connectivity index (χ2n) is 5.38. The summed E-state index contributed by atoms with van der Waals surface area (Å²) in [4.78, 5) is 6.94. The first-order valence-electron chi connectivity index (χ1n) is 7.97. The molecule has 3 nitrogen and oxygen atoms in total. The molecule has 3 heteroatoms. The van der Waals surface area contributed by atoms with Gasteiger partial charge in [-0.25, -0.2) is 0 Å². The molecule has 1 heterocycles. The highest BCUT2D eigenvalue weighted by Crippen LogP contribution is 2.12. The van der Waals surface area contributed by atoms with Crippen molar-refractivity contribution in [2.24, 2.45) is 10.7 Å². The summed E-state index contributed by atoms with van der Waals surface area (Å²) in [6, 6.07) is 0. The maximum atomic E-state index is 5.61. The van der Waals surface area contributed by atoms with Crippen molar-refractivity contribution in [2.45, 2.75) is 57.8 Å². The Morgan fingerprint density at radius 2 is 1.79 bits per heavy atom. The van der Waals surface area contributed by atoms with Crippen molar-refractivity contribution in [3.63, 3.8) is 0 Å². The van der Waals surface area contributed by atoms with Crippen molar-refractivity contribution >= 4 is 5.84 Å². The van der Waals surface area contributed by atoms with E-state index in [2.05, 4.69) is 16.5 Å². The number of amidine groups is 1. The van der Waals surface area contributed by atoms with Gasteiger partial charge in [0.2, 0.25) is 0 Å². The van der Waals surface area contributed by atoms with Crippen LogP contribution in [0.15, 0.2) is 17.6 Å². The smallest absolute Gasteiger partial charge is 0.0990 e. The second kappa shape index (κ2) is 11.0. The normalized spacial score (nSPS) is 14.8. The second-order valence-corrected chi connectivity index (χ2v) is 5.38. The van der Waals surface area contributed by atoms with Crippen LogP contribution in [0, 0.1) is 0 Å². The molecule has 0 saturated heterocycles. The molecule has 0 aromatic heterocycles. The van der Waals surface area contributed by atoms with Gasteiger partial charge in [-0.05, 0) is 19.3 Å². The first kappa shape index (κ1) is 16.2. The minimum atomic E-state index is 0.740. The molecule has 2 N–H and O–H groups in total. The molecule has 1 rings (SSSR count). The SMILES string of the molecule is C=CCCCCCCCCCC1=NCCN1CCN. The van der Waals surface area contributed by atoms with Crippen LogP contribution in [0.5, 0.6) is 0 Å². The summed E-state index contributed by atoms with van der Waals surface area (Å²) in [5.74, 6) is 1.30. The molecule has 110 valence electrons. The van der Waals surface area contributed by atoms with E-state index in [1.807, 2.05) is 6.08 Å². The zero-order chi connectivity index (χ0) is 13.8. The molecule has 0 aromatic carbocycles. The Bertz CT molecular complexity index is 261. The summed E-state index contributed by atoms with van der Waals surface area (Å²) < 4.78 is 0. The highest BCUT2D eigenvalue weighted by Gasteiger charge is 2.14. The van der Waals surface area contributed by atoms with E-state index < -0.39 is 0 Å². The summed E-state index contributed by atoms with van der Waals surface area (Å²) in [6.45, 7) is 7.52. The van der Waals surface area contributed by atoms with Gasteiger partial charge in [0, 0.05) is 26.1 Å². The maximum absolute atomic E-state index is 5.61. The van der Waals surface area contributed by atoms with E-state index in [1.165, 1.54) is 57.2 Å². The first-order valence-corrected chi connectivity index (χ1v) is 7.97. The molecule has 0 bridgehead atoms.